The lowest BCUT2D eigenvalue weighted by molar-refractivity contribution is -0.135. The second kappa shape index (κ2) is 7.38. The molecular weight excluding hydrogens is 254 g/mol. The van der Waals surface area contributed by atoms with Crippen molar-refractivity contribution in [3.63, 3.8) is 0 Å². The zero-order chi connectivity index (χ0) is 14.4. The van der Waals surface area contributed by atoms with Gasteiger partial charge in [-0.1, -0.05) is 5.21 Å². The first kappa shape index (κ1) is 15.0. The van der Waals surface area contributed by atoms with Crippen molar-refractivity contribution in [2.45, 2.75) is 58.0 Å². The lowest BCUT2D eigenvalue weighted by Gasteiger charge is -2.33. The van der Waals surface area contributed by atoms with Crippen molar-refractivity contribution in [2.75, 3.05) is 13.1 Å². The Kier molecular flexibility index (Phi) is 5.52. The molecule has 0 aliphatic carbocycles. The van der Waals surface area contributed by atoms with Crippen molar-refractivity contribution in [1.29, 1.82) is 0 Å². The smallest absolute Gasteiger partial charge is 0.244 e. The second-order valence-corrected chi connectivity index (χ2v) is 5.59. The van der Waals surface area contributed by atoms with Gasteiger partial charge in [0.2, 0.25) is 5.91 Å². The molecule has 0 aromatic carbocycles. The lowest BCUT2D eigenvalue weighted by atomic mass is 10.0. The Balaban J connectivity index is 1.84. The summed E-state index contributed by atoms with van der Waals surface area (Å²) in [6.07, 6.45) is 8.21. The Bertz CT molecular complexity index is 431. The average Bonchev–Trinajstić information content (AvgIpc) is 2.87. The molecule has 20 heavy (non-hydrogen) atoms. The van der Waals surface area contributed by atoms with Crippen molar-refractivity contribution in [1.82, 2.24) is 19.9 Å². The molecule has 1 aromatic heterocycles. The van der Waals surface area contributed by atoms with Gasteiger partial charge in [0.05, 0.1) is 5.69 Å². The number of unbranched alkanes of at least 4 members (excludes halogenated alkanes) is 1. The first-order valence-corrected chi connectivity index (χ1v) is 7.59. The van der Waals surface area contributed by atoms with Crippen LogP contribution in [-0.2, 0) is 17.8 Å². The maximum Gasteiger partial charge on any atom is 0.244 e. The highest BCUT2D eigenvalue weighted by Crippen LogP contribution is 2.16. The van der Waals surface area contributed by atoms with E-state index < -0.39 is 0 Å². The van der Waals surface area contributed by atoms with Gasteiger partial charge in [0.25, 0.3) is 0 Å². The quantitative estimate of drug-likeness (QED) is 0.787. The van der Waals surface area contributed by atoms with Crippen LogP contribution in [0.15, 0.2) is 6.20 Å². The van der Waals surface area contributed by atoms with Gasteiger partial charge in [0.1, 0.15) is 6.54 Å². The van der Waals surface area contributed by atoms with Crippen LogP contribution in [0, 0.1) is 0 Å². The predicted molar refractivity (Wildman–Crippen MR) is 77.0 cm³/mol. The van der Waals surface area contributed by atoms with E-state index in [1.807, 2.05) is 11.1 Å². The van der Waals surface area contributed by atoms with Gasteiger partial charge in [-0.2, -0.15) is 0 Å². The number of aryl methyl sites for hydroxylation is 1. The van der Waals surface area contributed by atoms with Gasteiger partial charge in [-0.25, -0.2) is 4.68 Å². The molecular formula is C14H25N5O. The fraction of sp³-hybridized carbons (Fsp3) is 0.786. The van der Waals surface area contributed by atoms with E-state index in [9.17, 15) is 4.79 Å². The minimum Gasteiger partial charge on any atom is -0.338 e. The maximum atomic E-state index is 12.3. The lowest BCUT2D eigenvalue weighted by Crippen LogP contribution is -2.43. The molecule has 1 aliphatic rings. The Labute approximate surface area is 120 Å². The van der Waals surface area contributed by atoms with Crippen LogP contribution in [0.5, 0.6) is 0 Å². The highest BCUT2D eigenvalue weighted by Gasteiger charge is 2.23. The third-order valence-electron chi connectivity index (χ3n) is 3.89. The first-order chi connectivity index (χ1) is 9.70. The molecule has 2 rings (SSSR count). The number of rotatable bonds is 6. The van der Waals surface area contributed by atoms with E-state index >= 15 is 0 Å². The third kappa shape index (κ3) is 4.03. The van der Waals surface area contributed by atoms with E-state index in [1.54, 1.807) is 4.68 Å². The molecule has 0 saturated carbocycles. The van der Waals surface area contributed by atoms with Crippen LogP contribution in [0.25, 0.3) is 0 Å². The Morgan fingerprint density at radius 3 is 3.05 bits per heavy atom. The highest BCUT2D eigenvalue weighted by molar-refractivity contribution is 5.76. The molecule has 1 fully saturated rings. The van der Waals surface area contributed by atoms with Crippen molar-refractivity contribution >= 4 is 5.91 Å². The largest absolute Gasteiger partial charge is 0.338 e. The monoisotopic (exact) mass is 279 g/mol. The van der Waals surface area contributed by atoms with E-state index in [2.05, 4.69) is 17.2 Å². The van der Waals surface area contributed by atoms with Crippen LogP contribution in [0.2, 0.25) is 0 Å². The number of hydrogen-bond donors (Lipinski definition) is 1. The number of carbonyl (C=O) groups is 1. The van der Waals surface area contributed by atoms with Crippen molar-refractivity contribution < 1.29 is 4.79 Å². The number of carbonyl (C=O) groups excluding carboxylic acids is 1. The SMILES string of the molecule is CC1CCCCN1C(=O)Cn1cc(CCCCN)nn1. The summed E-state index contributed by atoms with van der Waals surface area (Å²) >= 11 is 0. The van der Waals surface area contributed by atoms with Crippen LogP contribution >= 0.6 is 0 Å². The number of amides is 1. The van der Waals surface area contributed by atoms with Gasteiger partial charge in [0, 0.05) is 18.8 Å². The van der Waals surface area contributed by atoms with Gasteiger partial charge >= 0.3 is 0 Å². The van der Waals surface area contributed by atoms with Crippen LogP contribution in [0.1, 0.15) is 44.7 Å². The molecule has 112 valence electrons. The van der Waals surface area contributed by atoms with Gasteiger partial charge in [-0.3, -0.25) is 4.79 Å². The molecule has 2 heterocycles. The third-order valence-corrected chi connectivity index (χ3v) is 3.89. The zero-order valence-electron chi connectivity index (χ0n) is 12.3. The summed E-state index contributed by atoms with van der Waals surface area (Å²) in [5.41, 5.74) is 6.41. The number of aromatic nitrogens is 3. The summed E-state index contributed by atoms with van der Waals surface area (Å²) in [6.45, 7) is 4.00. The molecule has 0 bridgehead atoms. The summed E-state index contributed by atoms with van der Waals surface area (Å²) in [4.78, 5) is 14.2. The number of likely N-dealkylation sites (tertiary alicyclic amines) is 1. The standard InChI is InChI=1S/C14H25N5O/c1-12-6-3-5-9-19(12)14(20)11-18-10-13(16-17-18)7-2-4-8-15/h10,12H,2-9,11,15H2,1H3. The van der Waals surface area contributed by atoms with E-state index in [-0.39, 0.29) is 5.91 Å². The number of hydrogen-bond acceptors (Lipinski definition) is 4. The normalized spacial score (nSPS) is 19.3. The minimum atomic E-state index is 0.149. The van der Waals surface area contributed by atoms with Crippen molar-refractivity contribution in [3.8, 4) is 0 Å². The van der Waals surface area contributed by atoms with Crippen LogP contribution < -0.4 is 5.73 Å². The summed E-state index contributed by atoms with van der Waals surface area (Å²) < 4.78 is 1.65. The van der Waals surface area contributed by atoms with Crippen LogP contribution in [0.3, 0.4) is 0 Å². The van der Waals surface area contributed by atoms with E-state index in [0.29, 0.717) is 19.1 Å². The molecule has 1 amide bonds. The fourth-order valence-electron chi connectivity index (χ4n) is 2.68. The van der Waals surface area contributed by atoms with Crippen molar-refractivity contribution in [3.05, 3.63) is 11.9 Å². The Morgan fingerprint density at radius 2 is 2.30 bits per heavy atom. The summed E-state index contributed by atoms with van der Waals surface area (Å²) in [7, 11) is 0. The fourth-order valence-corrected chi connectivity index (χ4v) is 2.68. The molecule has 6 nitrogen and oxygen atoms in total. The molecule has 1 atom stereocenters. The van der Waals surface area contributed by atoms with E-state index in [1.165, 1.54) is 6.42 Å². The number of piperidine rings is 1. The van der Waals surface area contributed by atoms with Crippen molar-refractivity contribution in [2.24, 2.45) is 5.73 Å². The molecule has 6 heteroatoms. The van der Waals surface area contributed by atoms with Crippen LogP contribution in [0.4, 0.5) is 0 Å². The highest BCUT2D eigenvalue weighted by atomic mass is 16.2. The topological polar surface area (TPSA) is 77.0 Å². The number of nitrogens with zero attached hydrogens (tertiary/aromatic N) is 4. The molecule has 1 aliphatic heterocycles. The maximum absolute atomic E-state index is 12.3. The minimum absolute atomic E-state index is 0.149. The zero-order valence-corrected chi connectivity index (χ0v) is 12.3. The van der Waals surface area contributed by atoms with Gasteiger partial charge < -0.3 is 10.6 Å². The molecule has 0 radical (unpaired) electrons. The molecule has 1 aromatic rings. The van der Waals surface area contributed by atoms with Gasteiger partial charge in [-0.05, 0) is 52.0 Å². The molecule has 0 spiro atoms. The van der Waals surface area contributed by atoms with Crippen LogP contribution in [-0.4, -0.2) is 44.9 Å². The second-order valence-electron chi connectivity index (χ2n) is 5.59. The summed E-state index contributed by atoms with van der Waals surface area (Å²) in [5.74, 6) is 0.149. The predicted octanol–water partition coefficient (Wildman–Crippen LogP) is 0.961. The summed E-state index contributed by atoms with van der Waals surface area (Å²) in [6, 6.07) is 0.351. The average molecular weight is 279 g/mol. The summed E-state index contributed by atoms with van der Waals surface area (Å²) in [5, 5.41) is 8.15. The molecule has 2 N–H and O–H groups in total. The molecule has 1 unspecified atom stereocenters. The molecule has 1 saturated heterocycles. The first-order valence-electron chi connectivity index (χ1n) is 7.59. The van der Waals surface area contributed by atoms with Gasteiger partial charge in [0.15, 0.2) is 0 Å². The Hall–Kier alpha value is -1.43. The van der Waals surface area contributed by atoms with E-state index in [0.717, 1.165) is 44.3 Å². The van der Waals surface area contributed by atoms with Gasteiger partial charge in [-0.15, -0.1) is 5.10 Å². The number of nitrogens with two attached hydrogens (primary N) is 1. The van der Waals surface area contributed by atoms with E-state index in [4.69, 9.17) is 5.73 Å². The Morgan fingerprint density at radius 1 is 1.45 bits per heavy atom.